The van der Waals surface area contributed by atoms with E-state index in [-0.39, 0.29) is 11.9 Å². The molecule has 1 atom stereocenters. The Hall–Kier alpha value is -3.13. The fourth-order valence-electron chi connectivity index (χ4n) is 4.81. The van der Waals surface area contributed by atoms with Crippen LogP contribution in [0.3, 0.4) is 0 Å². The minimum Gasteiger partial charge on any atom is -0.347 e. The van der Waals surface area contributed by atoms with Crippen molar-refractivity contribution in [2.75, 3.05) is 43.5 Å². The fourth-order valence-corrected chi connectivity index (χ4v) is 4.81. The normalized spacial score (nSPS) is 18.8. The monoisotopic (exact) mass is 447 g/mol. The van der Waals surface area contributed by atoms with Crippen molar-refractivity contribution in [1.29, 1.82) is 0 Å². The highest BCUT2D eigenvalue weighted by atomic mass is 19.1. The summed E-state index contributed by atoms with van der Waals surface area (Å²) in [6, 6.07) is 8.81. The summed E-state index contributed by atoms with van der Waals surface area (Å²) in [5, 5.41) is 0. The number of benzene rings is 1. The predicted molar refractivity (Wildman–Crippen MR) is 128 cm³/mol. The minimum absolute atomic E-state index is 0.121. The summed E-state index contributed by atoms with van der Waals surface area (Å²) < 4.78 is 14.0. The second kappa shape index (κ2) is 9.39. The van der Waals surface area contributed by atoms with Gasteiger partial charge in [-0.15, -0.1) is 0 Å². The Labute approximate surface area is 194 Å². The summed E-state index contributed by atoms with van der Waals surface area (Å²) in [6.07, 6.45) is 8.18. The van der Waals surface area contributed by atoms with Crippen LogP contribution in [0.2, 0.25) is 0 Å². The Balaban J connectivity index is 1.46. The van der Waals surface area contributed by atoms with Crippen molar-refractivity contribution in [3.05, 3.63) is 59.9 Å². The Kier molecular flexibility index (Phi) is 6.17. The van der Waals surface area contributed by atoms with E-state index >= 15 is 0 Å². The molecule has 2 aliphatic rings. The molecule has 2 fully saturated rings. The van der Waals surface area contributed by atoms with Crippen molar-refractivity contribution in [2.45, 2.75) is 38.3 Å². The van der Waals surface area contributed by atoms with Gasteiger partial charge in [0.05, 0.1) is 17.4 Å². The molecule has 0 aliphatic carbocycles. The third-order valence-corrected chi connectivity index (χ3v) is 6.47. The molecule has 0 radical (unpaired) electrons. The van der Waals surface area contributed by atoms with Crippen LogP contribution in [0, 0.1) is 5.82 Å². The lowest BCUT2D eigenvalue weighted by Gasteiger charge is -2.26. The van der Waals surface area contributed by atoms with Crippen LogP contribution in [0.15, 0.2) is 42.7 Å². The lowest BCUT2D eigenvalue weighted by molar-refractivity contribution is 0.242. The maximum Gasteiger partial charge on any atom is 0.225 e. The highest BCUT2D eigenvalue weighted by Gasteiger charge is 2.31. The van der Waals surface area contributed by atoms with Gasteiger partial charge in [0.15, 0.2) is 0 Å². The largest absolute Gasteiger partial charge is 0.347 e. The van der Waals surface area contributed by atoms with Crippen LogP contribution >= 0.6 is 0 Å². The van der Waals surface area contributed by atoms with Crippen LogP contribution in [0.4, 0.5) is 16.3 Å². The Morgan fingerprint density at radius 3 is 2.67 bits per heavy atom. The SMILES string of the molecule is CN(C)c1ncc(-c2cccc(F)c2)c(C2CCCN2Cc2ccnc(N3CCCC3)n2)n1. The van der Waals surface area contributed by atoms with E-state index in [4.69, 9.17) is 9.97 Å². The van der Waals surface area contributed by atoms with Gasteiger partial charge in [-0.2, -0.15) is 0 Å². The molecule has 5 rings (SSSR count). The molecule has 0 saturated carbocycles. The van der Waals surface area contributed by atoms with Gasteiger partial charge in [0.1, 0.15) is 5.82 Å². The molecule has 1 unspecified atom stereocenters. The Bertz CT molecular complexity index is 1110. The van der Waals surface area contributed by atoms with Gasteiger partial charge in [-0.05, 0) is 56.0 Å². The molecule has 0 bridgehead atoms. The first-order valence-corrected chi connectivity index (χ1v) is 11.7. The number of halogens is 1. The van der Waals surface area contributed by atoms with E-state index in [2.05, 4.69) is 19.8 Å². The number of aromatic nitrogens is 4. The summed E-state index contributed by atoms with van der Waals surface area (Å²) in [5.74, 6) is 1.24. The van der Waals surface area contributed by atoms with Gasteiger partial charge in [-0.25, -0.2) is 24.3 Å². The molecule has 3 aromatic rings. The van der Waals surface area contributed by atoms with Gasteiger partial charge in [0.25, 0.3) is 0 Å². The molecule has 2 saturated heterocycles. The number of anilines is 2. The van der Waals surface area contributed by atoms with Crippen LogP contribution in [0.5, 0.6) is 0 Å². The van der Waals surface area contributed by atoms with E-state index in [0.29, 0.717) is 5.95 Å². The quantitative estimate of drug-likeness (QED) is 0.564. The van der Waals surface area contributed by atoms with E-state index in [0.717, 1.165) is 67.5 Å². The fraction of sp³-hybridized carbons (Fsp3) is 0.440. The van der Waals surface area contributed by atoms with Crippen molar-refractivity contribution >= 4 is 11.9 Å². The van der Waals surface area contributed by atoms with Crippen LogP contribution in [0.1, 0.15) is 43.1 Å². The Morgan fingerprint density at radius 2 is 1.88 bits per heavy atom. The lowest BCUT2D eigenvalue weighted by Crippen LogP contribution is -2.26. The zero-order valence-corrected chi connectivity index (χ0v) is 19.3. The number of rotatable bonds is 6. The van der Waals surface area contributed by atoms with Gasteiger partial charge in [-0.1, -0.05) is 12.1 Å². The van der Waals surface area contributed by atoms with E-state index in [9.17, 15) is 4.39 Å². The number of nitrogens with zero attached hydrogens (tertiary/aromatic N) is 7. The van der Waals surface area contributed by atoms with Crippen molar-refractivity contribution in [3.63, 3.8) is 0 Å². The van der Waals surface area contributed by atoms with Crippen molar-refractivity contribution < 1.29 is 4.39 Å². The lowest BCUT2D eigenvalue weighted by atomic mass is 9.99. The molecule has 7 nitrogen and oxygen atoms in total. The summed E-state index contributed by atoms with van der Waals surface area (Å²) in [7, 11) is 3.88. The van der Waals surface area contributed by atoms with Crippen molar-refractivity contribution in [3.8, 4) is 11.1 Å². The maximum atomic E-state index is 14.0. The zero-order chi connectivity index (χ0) is 22.8. The average Bonchev–Trinajstić information content (AvgIpc) is 3.51. The third-order valence-electron chi connectivity index (χ3n) is 6.47. The molecule has 4 heterocycles. The molecule has 2 aliphatic heterocycles. The molecule has 172 valence electrons. The first-order chi connectivity index (χ1) is 16.1. The van der Waals surface area contributed by atoms with Gasteiger partial charge < -0.3 is 9.80 Å². The molecule has 33 heavy (non-hydrogen) atoms. The number of hydrogen-bond acceptors (Lipinski definition) is 7. The van der Waals surface area contributed by atoms with E-state index in [1.807, 2.05) is 43.5 Å². The van der Waals surface area contributed by atoms with Gasteiger partial charge in [0, 0.05) is 51.7 Å². The van der Waals surface area contributed by atoms with Crippen molar-refractivity contribution in [1.82, 2.24) is 24.8 Å². The van der Waals surface area contributed by atoms with E-state index < -0.39 is 0 Å². The van der Waals surface area contributed by atoms with Gasteiger partial charge in [0.2, 0.25) is 11.9 Å². The second-order valence-electron chi connectivity index (χ2n) is 9.04. The molecular formula is C25H30FN7. The van der Waals surface area contributed by atoms with Crippen molar-refractivity contribution in [2.24, 2.45) is 0 Å². The highest BCUT2D eigenvalue weighted by Crippen LogP contribution is 2.38. The van der Waals surface area contributed by atoms with Gasteiger partial charge in [-0.3, -0.25) is 4.90 Å². The first-order valence-electron chi connectivity index (χ1n) is 11.7. The average molecular weight is 448 g/mol. The number of hydrogen-bond donors (Lipinski definition) is 0. The molecular weight excluding hydrogens is 417 g/mol. The highest BCUT2D eigenvalue weighted by molar-refractivity contribution is 5.66. The number of likely N-dealkylation sites (tertiary alicyclic amines) is 1. The molecule has 0 amide bonds. The topological polar surface area (TPSA) is 61.3 Å². The molecule has 8 heteroatoms. The van der Waals surface area contributed by atoms with Gasteiger partial charge >= 0.3 is 0 Å². The minimum atomic E-state index is -0.256. The first kappa shape index (κ1) is 21.7. The van der Waals surface area contributed by atoms with Crippen LogP contribution < -0.4 is 9.80 Å². The van der Waals surface area contributed by atoms with Crippen LogP contribution in [-0.2, 0) is 6.54 Å². The summed E-state index contributed by atoms with van der Waals surface area (Å²) in [5.41, 5.74) is 3.66. The maximum absolute atomic E-state index is 14.0. The summed E-state index contributed by atoms with van der Waals surface area (Å²) >= 11 is 0. The van der Waals surface area contributed by atoms with Crippen LogP contribution in [-0.4, -0.2) is 58.6 Å². The van der Waals surface area contributed by atoms with E-state index in [1.165, 1.54) is 18.9 Å². The third kappa shape index (κ3) is 4.66. The molecule has 2 aromatic heterocycles. The predicted octanol–water partition coefficient (Wildman–Crippen LogP) is 4.08. The van der Waals surface area contributed by atoms with Crippen LogP contribution in [0.25, 0.3) is 11.1 Å². The smallest absolute Gasteiger partial charge is 0.225 e. The molecule has 1 aromatic carbocycles. The Morgan fingerprint density at radius 1 is 1.03 bits per heavy atom. The summed E-state index contributed by atoms with van der Waals surface area (Å²) in [6.45, 7) is 3.76. The summed E-state index contributed by atoms with van der Waals surface area (Å²) in [4.78, 5) is 25.4. The zero-order valence-electron chi connectivity index (χ0n) is 19.3. The van der Waals surface area contributed by atoms with E-state index in [1.54, 1.807) is 12.1 Å². The second-order valence-corrected chi connectivity index (χ2v) is 9.04. The molecule has 0 spiro atoms. The standard InChI is InChI=1S/C25H30FN7/c1-31(2)24-28-16-21(18-7-5-8-19(26)15-18)23(30-24)22-9-6-14-33(22)17-20-10-11-27-25(29-20)32-12-3-4-13-32/h5,7-8,10-11,15-16,22H,3-4,6,9,12-14,17H2,1-2H3. The molecule has 0 N–H and O–H groups in total.